The zero-order valence-corrected chi connectivity index (χ0v) is 32.0. The maximum absolute atomic E-state index is 11.4. The van der Waals surface area contributed by atoms with Crippen molar-refractivity contribution in [2.45, 2.75) is 0 Å². The molecular formula is C46H34CoN6O6. The van der Waals surface area contributed by atoms with E-state index in [9.17, 15) is 30.0 Å². The zero-order valence-electron chi connectivity index (χ0n) is 30.9. The minimum absolute atomic E-state index is 0. The Morgan fingerprint density at radius 2 is 0.763 bits per heavy atom. The number of hydrogen-bond donors (Lipinski definition) is 4. The fourth-order valence-electron chi connectivity index (χ4n) is 6.00. The summed E-state index contributed by atoms with van der Waals surface area (Å²) in [5.74, 6) is -2.28. The van der Waals surface area contributed by atoms with Crippen molar-refractivity contribution in [1.82, 2.24) is 19.6 Å². The molecule has 0 aliphatic carbocycles. The number of para-hydroxylation sites is 4. The molecule has 2 heterocycles. The van der Waals surface area contributed by atoms with E-state index in [-0.39, 0.29) is 39.7 Å². The third-order valence-electron chi connectivity index (χ3n) is 8.82. The molecule has 59 heavy (non-hydrogen) atoms. The van der Waals surface area contributed by atoms with Crippen molar-refractivity contribution in [2.24, 2.45) is 9.98 Å². The van der Waals surface area contributed by atoms with Gasteiger partial charge in [0, 0.05) is 40.3 Å². The molecule has 293 valence electrons. The van der Waals surface area contributed by atoms with Crippen LogP contribution in [0.1, 0.15) is 31.8 Å². The zero-order chi connectivity index (χ0) is 40.4. The molecule has 12 nitrogen and oxygen atoms in total. The van der Waals surface area contributed by atoms with E-state index in [0.29, 0.717) is 45.3 Å². The molecule has 0 unspecified atom stereocenters. The van der Waals surface area contributed by atoms with Gasteiger partial charge < -0.3 is 20.4 Å². The van der Waals surface area contributed by atoms with Gasteiger partial charge in [0.25, 0.3) is 0 Å². The van der Waals surface area contributed by atoms with Crippen LogP contribution in [0.15, 0.2) is 180 Å². The number of aliphatic imine (C=N–C) groups is 2. The first-order valence-electron chi connectivity index (χ1n) is 17.9. The number of benzene rings is 6. The van der Waals surface area contributed by atoms with Crippen LogP contribution >= 0.6 is 0 Å². The van der Waals surface area contributed by atoms with E-state index in [1.54, 1.807) is 36.4 Å². The number of aromatic nitrogens is 4. The summed E-state index contributed by atoms with van der Waals surface area (Å²) in [6, 6.07) is 50.3. The Morgan fingerprint density at radius 1 is 0.458 bits per heavy atom. The third kappa shape index (κ3) is 9.23. The first kappa shape index (κ1) is 40.8. The van der Waals surface area contributed by atoms with Crippen LogP contribution in [-0.2, 0) is 16.8 Å². The molecule has 0 aliphatic rings. The van der Waals surface area contributed by atoms with Crippen LogP contribution in [0.3, 0.4) is 0 Å². The first-order valence-corrected chi connectivity index (χ1v) is 17.9. The van der Waals surface area contributed by atoms with Crippen molar-refractivity contribution in [3.8, 4) is 45.6 Å². The van der Waals surface area contributed by atoms with E-state index in [1.165, 1.54) is 33.9 Å². The van der Waals surface area contributed by atoms with Gasteiger partial charge in [0.05, 0.1) is 45.0 Å². The van der Waals surface area contributed by atoms with E-state index in [0.717, 1.165) is 11.1 Å². The summed E-state index contributed by atoms with van der Waals surface area (Å²) in [5.41, 5.74) is 5.68. The molecule has 0 saturated carbocycles. The number of carboxylic acids is 2. The topological polar surface area (TPSA) is 175 Å². The second-order valence-corrected chi connectivity index (χ2v) is 12.6. The number of hydrogen-bond acceptors (Lipinski definition) is 8. The molecule has 0 fully saturated rings. The molecular weight excluding hydrogens is 791 g/mol. The van der Waals surface area contributed by atoms with Gasteiger partial charge in [-0.2, -0.15) is 10.2 Å². The Hall–Kier alpha value is -7.87. The van der Waals surface area contributed by atoms with Crippen molar-refractivity contribution < 1.29 is 46.8 Å². The summed E-state index contributed by atoms with van der Waals surface area (Å²) in [7, 11) is 0. The van der Waals surface area contributed by atoms with Crippen LogP contribution < -0.4 is 0 Å². The minimum atomic E-state index is -1.06. The average Bonchev–Trinajstić information content (AvgIpc) is 3.78. The Balaban J connectivity index is 0.000000195. The third-order valence-corrected chi connectivity index (χ3v) is 8.82. The molecule has 0 aliphatic heterocycles. The molecule has 2 aromatic heterocycles. The Labute approximate surface area is 348 Å². The SMILES string of the molecule is O=C(O)c1ccccc1N=Cc1c(-c2ccccc2)nn(-c2ccccc2)c1O.O=C(O)c1ccccc1N=Cc1c(-c2ccccc2)nn(-c2ccccc2)c1O.[Co]. The molecule has 0 atom stereocenters. The standard InChI is InChI=1S/2C23H17N3O3.Co/c2*27-22-19(15-24-20-14-8-7-13-18(20)23(28)29)21(16-9-3-1-4-10-16)25-26(22)17-11-5-2-6-12-17;/h2*1-15,27H,(H,28,29);. The fraction of sp³-hybridized carbons (Fsp3) is 0. The average molecular weight is 826 g/mol. The predicted molar refractivity (Wildman–Crippen MR) is 223 cm³/mol. The van der Waals surface area contributed by atoms with Gasteiger partial charge in [-0.3, -0.25) is 9.98 Å². The summed E-state index contributed by atoms with van der Waals surface area (Å²) >= 11 is 0. The quantitative estimate of drug-likeness (QED) is 0.0987. The van der Waals surface area contributed by atoms with Gasteiger partial charge in [0.1, 0.15) is 11.4 Å². The van der Waals surface area contributed by atoms with Crippen molar-refractivity contribution in [3.63, 3.8) is 0 Å². The monoisotopic (exact) mass is 825 g/mol. The van der Waals surface area contributed by atoms with Crippen molar-refractivity contribution in [1.29, 1.82) is 0 Å². The number of rotatable bonds is 10. The number of aromatic hydroxyl groups is 2. The summed E-state index contributed by atoms with van der Waals surface area (Å²) in [5, 5.41) is 49.6. The number of carbonyl (C=O) groups is 2. The van der Waals surface area contributed by atoms with Gasteiger partial charge in [-0.05, 0) is 48.5 Å². The van der Waals surface area contributed by atoms with E-state index in [4.69, 9.17) is 0 Å². The van der Waals surface area contributed by atoms with Crippen LogP contribution in [0.5, 0.6) is 11.8 Å². The van der Waals surface area contributed by atoms with Crippen LogP contribution in [0.4, 0.5) is 11.4 Å². The first-order chi connectivity index (χ1) is 28.3. The van der Waals surface area contributed by atoms with Gasteiger partial charge in [0.15, 0.2) is 0 Å². The van der Waals surface area contributed by atoms with Gasteiger partial charge in [0.2, 0.25) is 11.8 Å². The normalized spacial score (nSPS) is 10.8. The molecule has 0 spiro atoms. The molecule has 6 aromatic carbocycles. The second kappa shape index (κ2) is 18.8. The van der Waals surface area contributed by atoms with Crippen molar-refractivity contribution >= 4 is 35.7 Å². The smallest absolute Gasteiger partial charge is 0.337 e. The summed E-state index contributed by atoms with van der Waals surface area (Å²) in [4.78, 5) is 31.5. The number of nitrogens with zero attached hydrogens (tertiary/aromatic N) is 6. The second-order valence-electron chi connectivity index (χ2n) is 12.6. The molecule has 4 N–H and O–H groups in total. The molecule has 8 rings (SSSR count). The van der Waals surface area contributed by atoms with Gasteiger partial charge in [-0.15, -0.1) is 0 Å². The molecule has 13 heteroatoms. The van der Waals surface area contributed by atoms with Crippen molar-refractivity contribution in [3.05, 3.63) is 192 Å². The van der Waals surface area contributed by atoms with Crippen LogP contribution in [0.2, 0.25) is 0 Å². The molecule has 0 amide bonds. The van der Waals surface area contributed by atoms with Gasteiger partial charge in [-0.1, -0.05) is 121 Å². The van der Waals surface area contributed by atoms with Gasteiger partial charge >= 0.3 is 11.9 Å². The number of carboxylic acid groups (broad SMARTS) is 2. The minimum Gasteiger partial charge on any atom is -0.493 e. The summed E-state index contributed by atoms with van der Waals surface area (Å²) < 4.78 is 2.87. The summed E-state index contributed by atoms with van der Waals surface area (Å²) in [6.45, 7) is 0. The van der Waals surface area contributed by atoms with E-state index >= 15 is 0 Å². The molecule has 1 radical (unpaired) electrons. The van der Waals surface area contributed by atoms with Crippen molar-refractivity contribution in [2.75, 3.05) is 0 Å². The van der Waals surface area contributed by atoms with Crippen LogP contribution in [-0.4, -0.2) is 64.4 Å². The fourth-order valence-corrected chi connectivity index (χ4v) is 6.00. The molecule has 0 saturated heterocycles. The van der Waals surface area contributed by atoms with Crippen LogP contribution in [0, 0.1) is 0 Å². The molecule has 0 bridgehead atoms. The maximum atomic E-state index is 11.4. The summed E-state index contributed by atoms with van der Waals surface area (Å²) in [6.07, 6.45) is 2.90. The van der Waals surface area contributed by atoms with E-state index in [1.807, 2.05) is 121 Å². The molecule has 8 aromatic rings. The van der Waals surface area contributed by atoms with Gasteiger partial charge in [-0.25, -0.2) is 19.0 Å². The number of aromatic carboxylic acids is 2. The predicted octanol–water partition coefficient (Wildman–Crippen LogP) is 9.38. The largest absolute Gasteiger partial charge is 0.493 e. The Kier molecular flexibility index (Phi) is 13.0. The van der Waals surface area contributed by atoms with Crippen LogP contribution in [0.25, 0.3) is 33.9 Å². The Bertz CT molecular complexity index is 2560. The Morgan fingerprint density at radius 3 is 1.10 bits per heavy atom. The van der Waals surface area contributed by atoms with E-state index in [2.05, 4.69) is 20.2 Å². The maximum Gasteiger partial charge on any atom is 0.337 e. The van der Waals surface area contributed by atoms with E-state index < -0.39 is 11.9 Å².